The van der Waals surface area contributed by atoms with E-state index in [0.717, 1.165) is 25.7 Å². The SMILES string of the molecule is COc1cc(C(=O)O)ccc1S(=O)(=O)N1CCOC2CCCCC21. The van der Waals surface area contributed by atoms with Crippen molar-refractivity contribution < 1.29 is 27.8 Å². The molecule has 1 aromatic rings. The number of sulfonamides is 1. The van der Waals surface area contributed by atoms with Gasteiger partial charge in [-0.1, -0.05) is 12.8 Å². The van der Waals surface area contributed by atoms with Crippen molar-refractivity contribution in [3.05, 3.63) is 23.8 Å². The lowest BCUT2D eigenvalue weighted by Crippen LogP contribution is -2.54. The molecule has 0 radical (unpaired) electrons. The van der Waals surface area contributed by atoms with Crippen LogP contribution in [0.1, 0.15) is 36.0 Å². The Labute approximate surface area is 141 Å². The molecule has 8 heteroatoms. The lowest BCUT2D eigenvalue weighted by molar-refractivity contribution is -0.0586. The van der Waals surface area contributed by atoms with Gasteiger partial charge in [-0.05, 0) is 31.0 Å². The number of nitrogens with zero attached hydrogens (tertiary/aromatic N) is 1. The van der Waals surface area contributed by atoms with Gasteiger partial charge in [-0.2, -0.15) is 4.31 Å². The average Bonchev–Trinajstić information content (AvgIpc) is 2.60. The van der Waals surface area contributed by atoms with E-state index in [0.29, 0.717) is 13.2 Å². The van der Waals surface area contributed by atoms with E-state index < -0.39 is 16.0 Å². The largest absolute Gasteiger partial charge is 0.495 e. The summed E-state index contributed by atoms with van der Waals surface area (Å²) in [5.74, 6) is -1.08. The molecule has 1 aromatic carbocycles. The summed E-state index contributed by atoms with van der Waals surface area (Å²) < 4.78 is 38.7. The van der Waals surface area contributed by atoms with Crippen LogP contribution in [0.5, 0.6) is 5.75 Å². The van der Waals surface area contributed by atoms with Gasteiger partial charge in [-0.3, -0.25) is 0 Å². The Bertz CT molecular complexity index is 730. The molecule has 2 atom stereocenters. The molecule has 1 aliphatic heterocycles. The van der Waals surface area contributed by atoms with Crippen molar-refractivity contribution in [3.63, 3.8) is 0 Å². The highest BCUT2D eigenvalue weighted by atomic mass is 32.2. The van der Waals surface area contributed by atoms with Crippen LogP contribution in [0.3, 0.4) is 0 Å². The summed E-state index contributed by atoms with van der Waals surface area (Å²) in [5, 5.41) is 9.07. The van der Waals surface area contributed by atoms with Gasteiger partial charge in [0.15, 0.2) is 0 Å². The Morgan fingerprint density at radius 3 is 2.79 bits per heavy atom. The molecule has 0 spiro atoms. The number of ether oxygens (including phenoxy) is 2. The molecule has 24 heavy (non-hydrogen) atoms. The molecule has 0 bridgehead atoms. The number of aromatic carboxylic acids is 1. The zero-order chi connectivity index (χ0) is 17.3. The van der Waals surface area contributed by atoms with Gasteiger partial charge in [-0.25, -0.2) is 13.2 Å². The number of rotatable bonds is 4. The fourth-order valence-electron chi connectivity index (χ4n) is 3.50. The molecule has 1 heterocycles. The predicted molar refractivity (Wildman–Crippen MR) is 85.8 cm³/mol. The van der Waals surface area contributed by atoms with Gasteiger partial charge in [-0.15, -0.1) is 0 Å². The predicted octanol–water partition coefficient (Wildman–Crippen LogP) is 1.73. The average molecular weight is 355 g/mol. The number of carbonyl (C=O) groups is 1. The Morgan fingerprint density at radius 2 is 2.08 bits per heavy atom. The van der Waals surface area contributed by atoms with Crippen LogP contribution in [-0.2, 0) is 14.8 Å². The molecule has 2 unspecified atom stereocenters. The molecular weight excluding hydrogens is 334 g/mol. The van der Waals surface area contributed by atoms with Gasteiger partial charge in [0.2, 0.25) is 10.0 Å². The van der Waals surface area contributed by atoms with Gasteiger partial charge in [0.05, 0.1) is 31.4 Å². The first kappa shape index (κ1) is 17.2. The maximum Gasteiger partial charge on any atom is 0.335 e. The van der Waals surface area contributed by atoms with E-state index in [4.69, 9.17) is 14.6 Å². The first-order valence-electron chi connectivity index (χ1n) is 8.00. The van der Waals surface area contributed by atoms with E-state index in [-0.39, 0.29) is 28.4 Å². The first-order chi connectivity index (χ1) is 11.4. The number of benzene rings is 1. The lowest BCUT2D eigenvalue weighted by atomic mass is 9.91. The maximum absolute atomic E-state index is 13.1. The second kappa shape index (κ2) is 6.70. The second-order valence-corrected chi connectivity index (χ2v) is 7.91. The maximum atomic E-state index is 13.1. The topological polar surface area (TPSA) is 93.1 Å². The summed E-state index contributed by atoms with van der Waals surface area (Å²) in [4.78, 5) is 11.1. The van der Waals surface area contributed by atoms with Crippen molar-refractivity contribution in [1.29, 1.82) is 0 Å². The van der Waals surface area contributed by atoms with Crippen molar-refractivity contribution in [2.45, 2.75) is 42.7 Å². The van der Waals surface area contributed by atoms with Crippen LogP contribution in [0.4, 0.5) is 0 Å². The number of carboxylic acid groups (broad SMARTS) is 1. The Hall–Kier alpha value is -1.64. The van der Waals surface area contributed by atoms with Gasteiger partial charge >= 0.3 is 5.97 Å². The van der Waals surface area contributed by atoms with Crippen molar-refractivity contribution in [2.24, 2.45) is 0 Å². The molecule has 2 fully saturated rings. The molecule has 0 aromatic heterocycles. The van der Waals surface area contributed by atoms with Crippen LogP contribution in [-0.4, -0.2) is 56.2 Å². The summed E-state index contributed by atoms with van der Waals surface area (Å²) in [5.41, 5.74) is -0.0108. The highest BCUT2D eigenvalue weighted by Crippen LogP contribution is 2.35. The zero-order valence-corrected chi connectivity index (χ0v) is 14.3. The van der Waals surface area contributed by atoms with Crippen LogP contribution in [0.25, 0.3) is 0 Å². The summed E-state index contributed by atoms with van der Waals surface area (Å²) in [6.45, 7) is 0.670. The second-order valence-electron chi connectivity index (χ2n) is 6.05. The van der Waals surface area contributed by atoms with Crippen molar-refractivity contribution >= 4 is 16.0 Å². The highest BCUT2D eigenvalue weighted by molar-refractivity contribution is 7.89. The normalized spacial score (nSPS) is 25.0. The highest BCUT2D eigenvalue weighted by Gasteiger charge is 2.41. The molecule has 132 valence electrons. The molecule has 2 aliphatic rings. The summed E-state index contributed by atoms with van der Waals surface area (Å²) in [6.07, 6.45) is 3.61. The van der Waals surface area contributed by atoms with Gasteiger partial charge in [0.1, 0.15) is 10.6 Å². The van der Waals surface area contributed by atoms with Gasteiger partial charge in [0.25, 0.3) is 0 Å². The number of hydrogen-bond acceptors (Lipinski definition) is 5. The van der Waals surface area contributed by atoms with Crippen LogP contribution >= 0.6 is 0 Å². The molecule has 3 rings (SSSR count). The number of hydrogen-bond donors (Lipinski definition) is 1. The van der Waals surface area contributed by atoms with Crippen molar-refractivity contribution in [3.8, 4) is 5.75 Å². The lowest BCUT2D eigenvalue weighted by Gasteiger charge is -2.42. The minimum absolute atomic E-state index is 0.00113. The molecule has 1 saturated heterocycles. The molecule has 1 aliphatic carbocycles. The number of carboxylic acids is 1. The summed E-state index contributed by atoms with van der Waals surface area (Å²) in [7, 11) is -2.45. The Kier molecular flexibility index (Phi) is 4.80. The van der Waals surface area contributed by atoms with Gasteiger partial charge in [0, 0.05) is 6.54 Å². The third-order valence-corrected chi connectivity index (χ3v) is 6.64. The van der Waals surface area contributed by atoms with E-state index in [9.17, 15) is 13.2 Å². The van der Waals surface area contributed by atoms with Gasteiger partial charge < -0.3 is 14.6 Å². The summed E-state index contributed by atoms with van der Waals surface area (Å²) >= 11 is 0. The Balaban J connectivity index is 1.99. The molecule has 1 N–H and O–H groups in total. The third kappa shape index (κ3) is 3.01. The van der Waals surface area contributed by atoms with E-state index in [1.54, 1.807) is 0 Å². The monoisotopic (exact) mass is 355 g/mol. The smallest absolute Gasteiger partial charge is 0.335 e. The number of morpholine rings is 1. The fraction of sp³-hybridized carbons (Fsp3) is 0.562. The minimum Gasteiger partial charge on any atom is -0.495 e. The zero-order valence-electron chi connectivity index (χ0n) is 13.5. The van der Waals surface area contributed by atoms with E-state index in [2.05, 4.69) is 0 Å². The third-order valence-electron chi connectivity index (χ3n) is 4.68. The summed E-state index contributed by atoms with van der Waals surface area (Å²) in [6, 6.07) is 3.68. The molecule has 0 amide bonds. The van der Waals surface area contributed by atoms with Crippen molar-refractivity contribution in [2.75, 3.05) is 20.3 Å². The minimum atomic E-state index is -3.78. The van der Waals surface area contributed by atoms with E-state index in [1.165, 1.54) is 29.6 Å². The quantitative estimate of drug-likeness (QED) is 0.884. The van der Waals surface area contributed by atoms with Crippen LogP contribution in [0.2, 0.25) is 0 Å². The molecule has 7 nitrogen and oxygen atoms in total. The van der Waals surface area contributed by atoms with Crippen LogP contribution in [0, 0.1) is 0 Å². The first-order valence-corrected chi connectivity index (χ1v) is 9.44. The van der Waals surface area contributed by atoms with Crippen LogP contribution in [0.15, 0.2) is 23.1 Å². The fourth-order valence-corrected chi connectivity index (χ4v) is 5.30. The van der Waals surface area contributed by atoms with Crippen LogP contribution < -0.4 is 4.74 Å². The number of methoxy groups -OCH3 is 1. The molecule has 1 saturated carbocycles. The Morgan fingerprint density at radius 1 is 1.33 bits per heavy atom. The standard InChI is InChI=1S/C16H21NO6S/c1-22-14-10-11(16(18)19)6-7-15(14)24(20,21)17-8-9-23-13-5-3-2-4-12(13)17/h6-7,10,12-13H,2-5,8-9H2,1H3,(H,18,19). The molecular formula is C16H21NO6S. The van der Waals surface area contributed by atoms with E-state index in [1.807, 2.05) is 0 Å². The number of fused-ring (bicyclic) bond motifs is 1. The van der Waals surface area contributed by atoms with E-state index >= 15 is 0 Å². The van der Waals surface area contributed by atoms with Crippen molar-refractivity contribution in [1.82, 2.24) is 4.31 Å².